The number of hydrogen-bond acceptors (Lipinski definition) is 3. The van der Waals surface area contributed by atoms with Crippen LogP contribution in [0.3, 0.4) is 0 Å². The van der Waals surface area contributed by atoms with Crippen LogP contribution in [0.1, 0.15) is 10.4 Å². The van der Waals surface area contributed by atoms with Gasteiger partial charge in [0.25, 0.3) is 5.91 Å². The Morgan fingerprint density at radius 3 is 2.68 bits per heavy atom. The van der Waals surface area contributed by atoms with Crippen molar-refractivity contribution in [3.8, 4) is 0 Å². The summed E-state index contributed by atoms with van der Waals surface area (Å²) in [5.41, 5.74) is 0.552. The maximum absolute atomic E-state index is 12.0. The van der Waals surface area contributed by atoms with Gasteiger partial charge in [0.05, 0.1) is 6.54 Å². The third kappa shape index (κ3) is 3.41. The van der Waals surface area contributed by atoms with E-state index in [2.05, 4.69) is 15.3 Å². The van der Waals surface area contributed by atoms with Gasteiger partial charge in [0.15, 0.2) is 0 Å². The highest BCUT2D eigenvalue weighted by Crippen LogP contribution is 2.03. The minimum Gasteiger partial charge on any atom is -0.332 e. The number of likely N-dealkylation sites (N-methyl/N-ethyl adjacent to an activating group) is 1. The number of amides is 2. The first-order valence-electron chi connectivity index (χ1n) is 5.76. The van der Waals surface area contributed by atoms with Crippen LogP contribution in [0.5, 0.6) is 0 Å². The quantitative estimate of drug-likeness (QED) is 0.862. The van der Waals surface area contributed by atoms with E-state index >= 15 is 0 Å². The van der Waals surface area contributed by atoms with Gasteiger partial charge in [-0.25, -0.2) is 4.98 Å². The predicted molar refractivity (Wildman–Crippen MR) is 70.6 cm³/mol. The van der Waals surface area contributed by atoms with E-state index < -0.39 is 0 Å². The highest BCUT2D eigenvalue weighted by atomic mass is 16.2. The molecule has 0 unspecified atom stereocenters. The van der Waals surface area contributed by atoms with Gasteiger partial charge in [0.2, 0.25) is 11.9 Å². The van der Waals surface area contributed by atoms with Crippen LogP contribution in [-0.2, 0) is 4.79 Å². The maximum atomic E-state index is 12.0. The molecule has 0 bridgehead atoms. The van der Waals surface area contributed by atoms with Gasteiger partial charge in [0.1, 0.15) is 0 Å². The molecule has 0 atom stereocenters. The highest BCUT2D eigenvalue weighted by Gasteiger charge is 2.14. The normalized spacial score (nSPS) is 9.95. The zero-order chi connectivity index (χ0) is 13.7. The Morgan fingerprint density at radius 1 is 1.32 bits per heavy atom. The van der Waals surface area contributed by atoms with Crippen LogP contribution in [0.25, 0.3) is 0 Å². The van der Waals surface area contributed by atoms with Crippen molar-refractivity contribution in [1.82, 2.24) is 14.9 Å². The standard InChI is InChI=1S/C13H14N4O2/c1-17(12(19)10-5-3-2-4-6-10)9-11(18)16-13-14-7-8-15-13/h2-8H,9H2,1H3,(H2,14,15,16,18). The van der Waals surface area contributed by atoms with Gasteiger partial charge < -0.3 is 9.88 Å². The molecule has 19 heavy (non-hydrogen) atoms. The summed E-state index contributed by atoms with van der Waals surface area (Å²) in [6, 6.07) is 8.82. The molecule has 0 spiro atoms. The lowest BCUT2D eigenvalue weighted by molar-refractivity contribution is -0.116. The Hall–Kier alpha value is -2.63. The number of aromatic nitrogens is 2. The lowest BCUT2D eigenvalue weighted by Crippen LogP contribution is -2.35. The monoisotopic (exact) mass is 258 g/mol. The lowest BCUT2D eigenvalue weighted by Gasteiger charge is -2.16. The molecule has 0 aliphatic rings. The summed E-state index contributed by atoms with van der Waals surface area (Å²) >= 11 is 0. The van der Waals surface area contributed by atoms with Crippen LogP contribution in [-0.4, -0.2) is 40.3 Å². The number of nitrogens with one attached hydrogen (secondary N) is 2. The van der Waals surface area contributed by atoms with Crippen LogP contribution in [0.4, 0.5) is 5.95 Å². The van der Waals surface area contributed by atoms with Crippen LogP contribution < -0.4 is 5.32 Å². The number of anilines is 1. The first kappa shape index (κ1) is 12.8. The predicted octanol–water partition coefficient (Wildman–Crippen LogP) is 1.12. The molecule has 0 radical (unpaired) electrons. The number of nitrogens with zero attached hydrogens (tertiary/aromatic N) is 2. The van der Waals surface area contributed by atoms with E-state index in [9.17, 15) is 9.59 Å². The fourth-order valence-electron chi connectivity index (χ4n) is 1.59. The van der Waals surface area contributed by atoms with Crippen molar-refractivity contribution < 1.29 is 9.59 Å². The molecule has 1 aromatic carbocycles. The Kier molecular flexibility index (Phi) is 3.92. The summed E-state index contributed by atoms with van der Waals surface area (Å²) in [4.78, 5) is 31.7. The van der Waals surface area contributed by atoms with Crippen LogP contribution in [0.15, 0.2) is 42.7 Å². The molecule has 2 rings (SSSR count). The number of imidazole rings is 1. The van der Waals surface area contributed by atoms with Crippen molar-refractivity contribution in [2.24, 2.45) is 0 Å². The zero-order valence-electron chi connectivity index (χ0n) is 10.5. The van der Waals surface area contributed by atoms with Gasteiger partial charge in [-0.1, -0.05) is 18.2 Å². The molecule has 6 heteroatoms. The molecule has 0 aliphatic heterocycles. The minimum atomic E-state index is -0.304. The molecule has 6 nitrogen and oxygen atoms in total. The largest absolute Gasteiger partial charge is 0.332 e. The van der Waals surface area contributed by atoms with E-state index in [-0.39, 0.29) is 18.4 Å². The summed E-state index contributed by atoms with van der Waals surface area (Å²) in [6.45, 7) is -0.0333. The molecule has 1 heterocycles. The third-order valence-corrected chi connectivity index (χ3v) is 2.50. The van der Waals surface area contributed by atoms with Crippen molar-refractivity contribution in [1.29, 1.82) is 0 Å². The molecule has 98 valence electrons. The van der Waals surface area contributed by atoms with Crippen molar-refractivity contribution in [2.45, 2.75) is 0 Å². The average Bonchev–Trinajstić information content (AvgIpc) is 2.91. The number of benzene rings is 1. The lowest BCUT2D eigenvalue weighted by atomic mass is 10.2. The van der Waals surface area contributed by atoms with Gasteiger partial charge in [-0.15, -0.1) is 0 Å². The molecule has 0 saturated heterocycles. The molecular weight excluding hydrogens is 244 g/mol. The average molecular weight is 258 g/mol. The fraction of sp³-hybridized carbons (Fsp3) is 0.154. The van der Waals surface area contributed by atoms with E-state index in [1.54, 1.807) is 37.5 Å². The summed E-state index contributed by atoms with van der Waals surface area (Å²) < 4.78 is 0. The SMILES string of the molecule is CN(CC(=O)Nc1ncc[nH]1)C(=O)c1ccccc1. The van der Waals surface area contributed by atoms with Gasteiger partial charge in [-0.05, 0) is 12.1 Å². The topological polar surface area (TPSA) is 78.1 Å². The number of carbonyl (C=O) groups excluding carboxylic acids is 2. The molecule has 0 fully saturated rings. The first-order chi connectivity index (χ1) is 9.16. The second-order valence-electron chi connectivity index (χ2n) is 4.01. The molecule has 2 N–H and O–H groups in total. The summed E-state index contributed by atoms with van der Waals surface area (Å²) in [6.07, 6.45) is 3.14. The van der Waals surface area contributed by atoms with Crippen molar-refractivity contribution >= 4 is 17.8 Å². The third-order valence-electron chi connectivity index (χ3n) is 2.50. The number of aromatic amines is 1. The summed E-state index contributed by atoms with van der Waals surface area (Å²) in [5, 5.41) is 2.56. The van der Waals surface area contributed by atoms with Crippen molar-refractivity contribution in [2.75, 3.05) is 18.9 Å². The van der Waals surface area contributed by atoms with E-state index in [4.69, 9.17) is 0 Å². The van der Waals surface area contributed by atoms with Crippen LogP contribution in [0, 0.1) is 0 Å². The molecule has 0 saturated carbocycles. The van der Waals surface area contributed by atoms with Gasteiger partial charge in [-0.2, -0.15) is 0 Å². The zero-order valence-corrected chi connectivity index (χ0v) is 10.5. The molecule has 2 amide bonds. The smallest absolute Gasteiger partial charge is 0.254 e. The van der Waals surface area contributed by atoms with E-state index in [1.165, 1.54) is 11.1 Å². The second-order valence-corrected chi connectivity index (χ2v) is 4.01. The van der Waals surface area contributed by atoms with Gasteiger partial charge >= 0.3 is 0 Å². The van der Waals surface area contributed by atoms with Crippen molar-refractivity contribution in [3.05, 3.63) is 48.3 Å². The Balaban J connectivity index is 1.92. The highest BCUT2D eigenvalue weighted by molar-refractivity contribution is 5.98. The van der Waals surface area contributed by atoms with Crippen LogP contribution >= 0.6 is 0 Å². The number of hydrogen-bond donors (Lipinski definition) is 2. The minimum absolute atomic E-state index is 0.0333. The Labute approximate surface area is 110 Å². The molecule has 1 aromatic heterocycles. The van der Waals surface area contributed by atoms with E-state index in [1.807, 2.05) is 6.07 Å². The van der Waals surface area contributed by atoms with Gasteiger partial charge in [0, 0.05) is 25.0 Å². The number of rotatable bonds is 4. The van der Waals surface area contributed by atoms with Gasteiger partial charge in [-0.3, -0.25) is 14.9 Å². The number of carbonyl (C=O) groups is 2. The van der Waals surface area contributed by atoms with Crippen LogP contribution in [0.2, 0.25) is 0 Å². The maximum Gasteiger partial charge on any atom is 0.254 e. The van der Waals surface area contributed by atoms with E-state index in [0.29, 0.717) is 11.5 Å². The Bertz CT molecular complexity index is 551. The first-order valence-corrected chi connectivity index (χ1v) is 5.76. The molecular formula is C13H14N4O2. The molecule has 0 aliphatic carbocycles. The summed E-state index contributed by atoms with van der Waals surface area (Å²) in [5.74, 6) is -0.137. The Morgan fingerprint density at radius 2 is 2.05 bits per heavy atom. The van der Waals surface area contributed by atoms with Crippen molar-refractivity contribution in [3.63, 3.8) is 0 Å². The number of H-pyrrole nitrogens is 1. The summed E-state index contributed by atoms with van der Waals surface area (Å²) in [7, 11) is 1.58. The molecule has 2 aromatic rings. The van der Waals surface area contributed by atoms with E-state index in [0.717, 1.165) is 0 Å². The second kappa shape index (κ2) is 5.81. The fourth-order valence-corrected chi connectivity index (χ4v) is 1.59.